The lowest BCUT2D eigenvalue weighted by molar-refractivity contribution is 0.527. The van der Waals surface area contributed by atoms with Gasteiger partial charge in [-0.15, -0.1) is 0 Å². The van der Waals surface area contributed by atoms with Gasteiger partial charge in [0.2, 0.25) is 0 Å². The molecule has 0 saturated carbocycles. The van der Waals surface area contributed by atoms with Crippen molar-refractivity contribution in [2.75, 3.05) is 6.54 Å². The molecule has 0 spiro atoms. The summed E-state index contributed by atoms with van der Waals surface area (Å²) in [7, 11) is 0. The fourth-order valence-electron chi connectivity index (χ4n) is 2.45. The molecule has 0 aliphatic heterocycles. The van der Waals surface area contributed by atoms with Crippen molar-refractivity contribution in [3.05, 3.63) is 68.7 Å². The average Bonchev–Trinajstić information content (AvgIpc) is 2.48. The van der Waals surface area contributed by atoms with E-state index in [9.17, 15) is 0 Å². The largest absolute Gasteiger partial charge is 0.310 e. The number of aryl methyl sites for hydroxylation is 1. The van der Waals surface area contributed by atoms with E-state index in [2.05, 4.69) is 71.5 Å². The van der Waals surface area contributed by atoms with Crippen molar-refractivity contribution in [2.24, 2.45) is 0 Å². The van der Waals surface area contributed by atoms with E-state index in [4.69, 9.17) is 11.6 Å². The maximum Gasteiger partial charge on any atom is 0.0409 e. The Balaban J connectivity index is 2.25. The molecule has 1 N–H and O–H groups in total. The van der Waals surface area contributed by atoms with Gasteiger partial charge in [0.15, 0.2) is 0 Å². The van der Waals surface area contributed by atoms with Gasteiger partial charge >= 0.3 is 0 Å². The van der Waals surface area contributed by atoms with Crippen LogP contribution in [0.15, 0.2) is 46.9 Å². The van der Waals surface area contributed by atoms with E-state index in [0.29, 0.717) is 6.04 Å². The standard InChI is InChI=1S/C18H21BrClN/c1-3-10-21-18(11-14-5-7-15(19)8-6-14)17-12-16(20)9-4-13(17)2/h4-9,12,18,21H,3,10-11H2,1-2H3. The molecule has 0 fully saturated rings. The van der Waals surface area contributed by atoms with E-state index in [0.717, 1.165) is 28.9 Å². The van der Waals surface area contributed by atoms with Gasteiger partial charge in [-0.3, -0.25) is 0 Å². The summed E-state index contributed by atoms with van der Waals surface area (Å²) in [5, 5.41) is 4.45. The first-order valence-corrected chi connectivity index (χ1v) is 8.51. The monoisotopic (exact) mass is 365 g/mol. The van der Waals surface area contributed by atoms with Gasteiger partial charge in [-0.05, 0) is 67.3 Å². The van der Waals surface area contributed by atoms with Gasteiger partial charge in [-0.25, -0.2) is 0 Å². The Morgan fingerprint density at radius 1 is 1.14 bits per heavy atom. The van der Waals surface area contributed by atoms with Crippen molar-refractivity contribution in [1.82, 2.24) is 5.32 Å². The van der Waals surface area contributed by atoms with Crippen molar-refractivity contribution in [2.45, 2.75) is 32.7 Å². The van der Waals surface area contributed by atoms with E-state index in [1.807, 2.05) is 6.07 Å². The maximum absolute atomic E-state index is 6.18. The minimum absolute atomic E-state index is 0.296. The molecule has 2 aromatic carbocycles. The number of benzene rings is 2. The van der Waals surface area contributed by atoms with E-state index < -0.39 is 0 Å². The zero-order valence-corrected chi connectivity index (χ0v) is 14.8. The molecule has 0 aliphatic rings. The zero-order valence-electron chi connectivity index (χ0n) is 12.5. The normalized spacial score (nSPS) is 12.4. The summed E-state index contributed by atoms with van der Waals surface area (Å²) in [5.41, 5.74) is 3.90. The van der Waals surface area contributed by atoms with Gasteiger partial charge in [-0.2, -0.15) is 0 Å². The van der Waals surface area contributed by atoms with Crippen molar-refractivity contribution >= 4 is 27.5 Å². The highest BCUT2D eigenvalue weighted by molar-refractivity contribution is 9.10. The predicted octanol–water partition coefficient (Wildman–Crippen LogP) is 5.69. The number of halogens is 2. The number of nitrogens with one attached hydrogen (secondary N) is 1. The third-order valence-electron chi connectivity index (χ3n) is 3.61. The molecule has 1 nitrogen and oxygen atoms in total. The van der Waals surface area contributed by atoms with Gasteiger partial charge in [0.25, 0.3) is 0 Å². The average molecular weight is 367 g/mol. The highest BCUT2D eigenvalue weighted by Gasteiger charge is 2.14. The third-order valence-corrected chi connectivity index (χ3v) is 4.37. The van der Waals surface area contributed by atoms with E-state index >= 15 is 0 Å². The van der Waals surface area contributed by atoms with Crippen LogP contribution in [0.3, 0.4) is 0 Å². The molecule has 1 atom stereocenters. The predicted molar refractivity (Wildman–Crippen MR) is 95.1 cm³/mol. The van der Waals surface area contributed by atoms with E-state index in [-0.39, 0.29) is 0 Å². The molecule has 3 heteroatoms. The summed E-state index contributed by atoms with van der Waals surface area (Å²) in [6, 6.07) is 15.0. The summed E-state index contributed by atoms with van der Waals surface area (Å²) in [6.07, 6.45) is 2.09. The summed E-state index contributed by atoms with van der Waals surface area (Å²) >= 11 is 9.67. The molecule has 0 radical (unpaired) electrons. The maximum atomic E-state index is 6.18. The molecule has 1 unspecified atom stereocenters. The smallest absolute Gasteiger partial charge is 0.0409 e. The van der Waals surface area contributed by atoms with Crippen LogP contribution in [0.4, 0.5) is 0 Å². The lowest BCUT2D eigenvalue weighted by atomic mass is 9.95. The molecule has 112 valence electrons. The summed E-state index contributed by atoms with van der Waals surface area (Å²) in [5.74, 6) is 0. The zero-order chi connectivity index (χ0) is 15.2. The van der Waals surface area contributed by atoms with Crippen LogP contribution >= 0.6 is 27.5 Å². The Morgan fingerprint density at radius 2 is 1.86 bits per heavy atom. The minimum atomic E-state index is 0.296. The molecule has 0 amide bonds. The van der Waals surface area contributed by atoms with Crippen molar-refractivity contribution in [3.63, 3.8) is 0 Å². The van der Waals surface area contributed by atoms with Crippen molar-refractivity contribution < 1.29 is 0 Å². The van der Waals surface area contributed by atoms with Crippen molar-refractivity contribution in [3.8, 4) is 0 Å². The Bertz CT molecular complexity index is 580. The van der Waals surface area contributed by atoms with Crippen LogP contribution in [-0.4, -0.2) is 6.54 Å². The summed E-state index contributed by atoms with van der Waals surface area (Å²) < 4.78 is 1.11. The lowest BCUT2D eigenvalue weighted by Gasteiger charge is -2.21. The minimum Gasteiger partial charge on any atom is -0.310 e. The van der Waals surface area contributed by atoms with Crippen LogP contribution in [0.5, 0.6) is 0 Å². The van der Waals surface area contributed by atoms with Crippen LogP contribution < -0.4 is 5.32 Å². The molecule has 21 heavy (non-hydrogen) atoms. The summed E-state index contributed by atoms with van der Waals surface area (Å²) in [4.78, 5) is 0. The van der Waals surface area contributed by atoms with Crippen LogP contribution in [-0.2, 0) is 6.42 Å². The van der Waals surface area contributed by atoms with Gasteiger partial charge in [0.1, 0.15) is 0 Å². The Hall–Kier alpha value is -0.830. The van der Waals surface area contributed by atoms with Crippen molar-refractivity contribution in [1.29, 1.82) is 0 Å². The second kappa shape index (κ2) is 7.98. The fourth-order valence-corrected chi connectivity index (χ4v) is 2.90. The van der Waals surface area contributed by atoms with Crippen LogP contribution in [0.25, 0.3) is 0 Å². The topological polar surface area (TPSA) is 12.0 Å². The molecule has 0 saturated heterocycles. The molecular weight excluding hydrogens is 346 g/mol. The first-order chi connectivity index (χ1) is 10.1. The molecule has 0 aromatic heterocycles. The van der Waals surface area contributed by atoms with Gasteiger partial charge < -0.3 is 5.32 Å². The van der Waals surface area contributed by atoms with Crippen LogP contribution in [0, 0.1) is 6.92 Å². The fraction of sp³-hybridized carbons (Fsp3) is 0.333. The van der Waals surface area contributed by atoms with Crippen LogP contribution in [0.1, 0.15) is 36.1 Å². The molecule has 0 aliphatic carbocycles. The number of hydrogen-bond donors (Lipinski definition) is 1. The molecule has 0 heterocycles. The second-order valence-corrected chi connectivity index (χ2v) is 6.69. The van der Waals surface area contributed by atoms with E-state index in [1.165, 1.54) is 16.7 Å². The molecule has 2 aromatic rings. The Labute approximate surface area is 140 Å². The Kier molecular flexibility index (Phi) is 6.28. The number of hydrogen-bond acceptors (Lipinski definition) is 1. The van der Waals surface area contributed by atoms with Gasteiger partial charge in [-0.1, -0.05) is 52.7 Å². The molecular formula is C18H21BrClN. The number of rotatable bonds is 6. The highest BCUT2D eigenvalue weighted by Crippen LogP contribution is 2.25. The summed E-state index contributed by atoms with van der Waals surface area (Å²) in [6.45, 7) is 5.34. The highest BCUT2D eigenvalue weighted by atomic mass is 79.9. The third kappa shape index (κ3) is 4.84. The SMILES string of the molecule is CCCNC(Cc1ccc(Br)cc1)c1cc(Cl)ccc1C. The van der Waals surface area contributed by atoms with Crippen LogP contribution in [0.2, 0.25) is 5.02 Å². The Morgan fingerprint density at radius 3 is 2.52 bits per heavy atom. The first-order valence-electron chi connectivity index (χ1n) is 7.34. The molecule has 2 rings (SSSR count). The second-order valence-electron chi connectivity index (χ2n) is 5.34. The molecule has 0 bridgehead atoms. The lowest BCUT2D eigenvalue weighted by Crippen LogP contribution is -2.24. The first kappa shape index (κ1) is 16.5. The van der Waals surface area contributed by atoms with E-state index in [1.54, 1.807) is 0 Å². The quantitative estimate of drug-likeness (QED) is 0.692. The van der Waals surface area contributed by atoms with Gasteiger partial charge in [0, 0.05) is 15.5 Å². The van der Waals surface area contributed by atoms with Gasteiger partial charge in [0.05, 0.1) is 0 Å².